The molecule has 2 aromatic rings. The minimum atomic E-state index is -0.727. The van der Waals surface area contributed by atoms with Crippen LogP contribution in [-0.2, 0) is 4.79 Å². The van der Waals surface area contributed by atoms with Gasteiger partial charge >= 0.3 is 0 Å². The van der Waals surface area contributed by atoms with Crippen molar-refractivity contribution >= 4 is 29.6 Å². The lowest BCUT2D eigenvalue weighted by Gasteiger charge is -2.26. The Hall–Kier alpha value is -3.51. The number of anilines is 3. The average molecular weight is 353 g/mol. The molecular formula is C17H19N7O2. The quantitative estimate of drug-likeness (QED) is 0.380. The lowest BCUT2D eigenvalue weighted by Crippen LogP contribution is -2.46. The number of amides is 1. The number of aldehydes is 1. The third-order valence-corrected chi connectivity index (χ3v) is 3.67. The van der Waals surface area contributed by atoms with Crippen molar-refractivity contribution in [3.63, 3.8) is 0 Å². The molecule has 9 nitrogen and oxygen atoms in total. The third kappa shape index (κ3) is 4.12. The molecule has 0 aliphatic carbocycles. The molecule has 0 saturated heterocycles. The molecule has 0 aliphatic heterocycles. The van der Waals surface area contributed by atoms with Crippen LogP contribution in [0.3, 0.4) is 0 Å². The molecule has 0 fully saturated rings. The lowest BCUT2D eigenvalue weighted by atomic mass is 10.1. The van der Waals surface area contributed by atoms with Crippen molar-refractivity contribution in [3.05, 3.63) is 41.6 Å². The number of hydrogen-bond acceptors (Lipinski definition) is 8. The molecule has 1 heterocycles. The minimum Gasteiger partial charge on any atom is -0.365 e. The van der Waals surface area contributed by atoms with Crippen LogP contribution < -0.4 is 21.9 Å². The molecule has 0 aliphatic rings. The predicted octanol–water partition coefficient (Wildman–Crippen LogP) is 1.09. The van der Waals surface area contributed by atoms with Crippen molar-refractivity contribution in [2.75, 3.05) is 10.3 Å². The van der Waals surface area contributed by atoms with E-state index in [1.807, 2.05) is 19.9 Å². The zero-order valence-corrected chi connectivity index (χ0v) is 14.4. The molecule has 134 valence electrons. The molecule has 1 aromatic heterocycles. The van der Waals surface area contributed by atoms with Gasteiger partial charge < -0.3 is 15.8 Å². The number of aromatic nitrogens is 2. The van der Waals surface area contributed by atoms with Crippen molar-refractivity contribution in [2.24, 2.45) is 17.5 Å². The Morgan fingerprint density at radius 2 is 2.15 bits per heavy atom. The van der Waals surface area contributed by atoms with Crippen molar-refractivity contribution in [1.82, 2.24) is 9.97 Å². The van der Waals surface area contributed by atoms with E-state index in [-0.39, 0.29) is 23.2 Å². The highest BCUT2D eigenvalue weighted by molar-refractivity contribution is 5.98. The first-order chi connectivity index (χ1) is 12.4. The van der Waals surface area contributed by atoms with Gasteiger partial charge in [0, 0.05) is 11.9 Å². The molecule has 1 amide bonds. The van der Waals surface area contributed by atoms with E-state index >= 15 is 0 Å². The Morgan fingerprint density at radius 1 is 1.42 bits per heavy atom. The maximum atomic E-state index is 11.7. The maximum absolute atomic E-state index is 11.7. The van der Waals surface area contributed by atoms with Crippen molar-refractivity contribution in [1.29, 1.82) is 5.26 Å². The summed E-state index contributed by atoms with van der Waals surface area (Å²) in [4.78, 5) is 31.2. The molecule has 0 bridgehead atoms. The van der Waals surface area contributed by atoms with E-state index < -0.39 is 11.9 Å². The van der Waals surface area contributed by atoms with Gasteiger partial charge in [0.1, 0.15) is 23.7 Å². The van der Waals surface area contributed by atoms with Gasteiger partial charge in [-0.05, 0) is 24.1 Å². The summed E-state index contributed by atoms with van der Waals surface area (Å²) in [6.07, 6.45) is 1.95. The number of nitrogens with two attached hydrogens (primary N) is 2. The first-order valence-electron chi connectivity index (χ1n) is 7.80. The maximum Gasteiger partial charge on any atom is 0.254 e. The Labute approximate surface area is 150 Å². The van der Waals surface area contributed by atoms with Gasteiger partial charge in [0.2, 0.25) is 5.95 Å². The fourth-order valence-corrected chi connectivity index (χ4v) is 2.25. The number of rotatable bonds is 7. The van der Waals surface area contributed by atoms with Gasteiger partial charge in [-0.1, -0.05) is 19.9 Å². The third-order valence-electron chi connectivity index (χ3n) is 3.67. The molecule has 1 atom stereocenters. The van der Waals surface area contributed by atoms with E-state index in [1.54, 1.807) is 24.3 Å². The summed E-state index contributed by atoms with van der Waals surface area (Å²) >= 11 is 0. The second kappa shape index (κ2) is 8.04. The summed E-state index contributed by atoms with van der Waals surface area (Å²) < 4.78 is 0. The van der Waals surface area contributed by atoms with E-state index in [4.69, 9.17) is 16.8 Å². The van der Waals surface area contributed by atoms with Gasteiger partial charge in [-0.2, -0.15) is 10.2 Å². The number of nitrogens with zero attached hydrogens (tertiary/aromatic N) is 4. The molecule has 0 spiro atoms. The Bertz CT molecular complexity index is 860. The molecule has 0 radical (unpaired) electrons. The Balaban J connectivity index is 2.44. The van der Waals surface area contributed by atoms with Crippen LogP contribution >= 0.6 is 0 Å². The number of benzene rings is 1. The van der Waals surface area contributed by atoms with Crippen molar-refractivity contribution in [3.8, 4) is 6.07 Å². The summed E-state index contributed by atoms with van der Waals surface area (Å²) in [6.45, 7) is 3.67. The Kier molecular flexibility index (Phi) is 5.82. The fourth-order valence-electron chi connectivity index (χ4n) is 2.25. The highest BCUT2D eigenvalue weighted by Crippen LogP contribution is 2.22. The fraction of sp³-hybridized carbons (Fsp3) is 0.235. The normalized spacial score (nSPS) is 11.5. The van der Waals surface area contributed by atoms with Crippen LogP contribution in [-0.4, -0.2) is 28.2 Å². The summed E-state index contributed by atoms with van der Waals surface area (Å²) in [5.41, 5.74) is 6.40. The van der Waals surface area contributed by atoms with E-state index in [9.17, 15) is 9.59 Å². The first-order valence-corrected chi connectivity index (χ1v) is 7.80. The van der Waals surface area contributed by atoms with Gasteiger partial charge in [0.05, 0.1) is 11.6 Å². The molecule has 1 unspecified atom stereocenters. The van der Waals surface area contributed by atoms with Crippen LogP contribution in [0.25, 0.3) is 0 Å². The van der Waals surface area contributed by atoms with E-state index in [1.165, 1.54) is 6.20 Å². The number of carbonyl (C=O) groups excluding carboxylic acids is 2. The van der Waals surface area contributed by atoms with Gasteiger partial charge in [0.15, 0.2) is 0 Å². The van der Waals surface area contributed by atoms with Crippen LogP contribution in [0.15, 0.2) is 30.5 Å². The highest BCUT2D eigenvalue weighted by atomic mass is 16.1. The number of primary amides is 1. The van der Waals surface area contributed by atoms with Gasteiger partial charge in [-0.3, -0.25) is 9.80 Å². The second-order valence-electron chi connectivity index (χ2n) is 5.89. The summed E-state index contributed by atoms with van der Waals surface area (Å²) in [5, 5.41) is 13.1. The van der Waals surface area contributed by atoms with Gasteiger partial charge in [-0.25, -0.2) is 10.8 Å². The molecular weight excluding hydrogens is 334 g/mol. The lowest BCUT2D eigenvalue weighted by molar-refractivity contribution is -0.109. The Morgan fingerprint density at radius 3 is 2.73 bits per heavy atom. The summed E-state index contributed by atoms with van der Waals surface area (Å²) in [7, 11) is 0. The van der Waals surface area contributed by atoms with Crippen molar-refractivity contribution < 1.29 is 9.59 Å². The molecule has 9 heteroatoms. The smallest absolute Gasteiger partial charge is 0.254 e. The average Bonchev–Trinajstić information content (AvgIpc) is 2.61. The molecule has 5 N–H and O–H groups in total. The van der Waals surface area contributed by atoms with Crippen molar-refractivity contribution in [2.45, 2.75) is 19.9 Å². The summed E-state index contributed by atoms with van der Waals surface area (Å²) in [5.74, 6) is 5.36. The first kappa shape index (κ1) is 18.8. The number of carbonyl (C=O) groups is 2. The molecule has 0 saturated carbocycles. The van der Waals surface area contributed by atoms with E-state index in [0.29, 0.717) is 17.5 Å². The molecule has 1 aromatic carbocycles. The standard InChI is InChI=1S/C17H19N7O2/c1-10(2)14(9-25)24(20)17-21-8-13(15(19)26)16(23-17)22-12-5-3-4-11(6-12)7-18/h3-6,8-10,14H,20H2,1-2H3,(H2,19,26)(H,21,22,23). The SMILES string of the molecule is CC(C)C(C=O)N(N)c1ncc(C(N)=O)c(Nc2cccc(C#N)c2)n1. The number of hydrazine groups is 1. The number of nitriles is 1. The predicted molar refractivity (Wildman–Crippen MR) is 96.3 cm³/mol. The van der Waals surface area contributed by atoms with Crippen LogP contribution in [0.4, 0.5) is 17.5 Å². The monoisotopic (exact) mass is 353 g/mol. The minimum absolute atomic E-state index is 0.0525. The summed E-state index contributed by atoms with van der Waals surface area (Å²) in [6, 6.07) is 8.01. The highest BCUT2D eigenvalue weighted by Gasteiger charge is 2.23. The van der Waals surface area contributed by atoms with E-state index in [2.05, 4.69) is 15.3 Å². The van der Waals surface area contributed by atoms with Crippen LogP contribution in [0.1, 0.15) is 29.8 Å². The molecule has 26 heavy (non-hydrogen) atoms. The zero-order valence-electron chi connectivity index (χ0n) is 14.4. The van der Waals surface area contributed by atoms with Crippen LogP contribution in [0, 0.1) is 17.2 Å². The van der Waals surface area contributed by atoms with Crippen LogP contribution in [0.5, 0.6) is 0 Å². The molecule has 2 rings (SSSR count). The second-order valence-corrected chi connectivity index (χ2v) is 5.89. The van der Waals surface area contributed by atoms with Crippen LogP contribution in [0.2, 0.25) is 0 Å². The topological polar surface area (TPSA) is 151 Å². The number of hydrogen-bond donors (Lipinski definition) is 3. The number of nitrogens with one attached hydrogen (secondary N) is 1. The zero-order chi connectivity index (χ0) is 19.3. The van der Waals surface area contributed by atoms with Gasteiger partial charge in [0.25, 0.3) is 5.91 Å². The van der Waals surface area contributed by atoms with Gasteiger partial charge in [-0.15, -0.1) is 0 Å². The largest absolute Gasteiger partial charge is 0.365 e. The van der Waals surface area contributed by atoms with E-state index in [0.717, 1.165) is 5.01 Å².